The fraction of sp³-hybridized carbons (Fsp3) is 0.391. The fourth-order valence-electron chi connectivity index (χ4n) is 3.94. The van der Waals surface area contributed by atoms with Crippen molar-refractivity contribution in [3.8, 4) is 0 Å². The summed E-state index contributed by atoms with van der Waals surface area (Å²) in [6.45, 7) is 10.6. The highest BCUT2D eigenvalue weighted by Gasteiger charge is 2.27. The van der Waals surface area contributed by atoms with Gasteiger partial charge in [-0.05, 0) is 39.8 Å². The van der Waals surface area contributed by atoms with E-state index in [9.17, 15) is 4.79 Å². The number of nitrogens with zero attached hydrogens (tertiary/aromatic N) is 6. The second kappa shape index (κ2) is 8.37. The average molecular weight is 420 g/mol. The number of hydrogen-bond acceptors (Lipinski definition) is 6. The molecule has 0 spiro atoms. The molecule has 0 unspecified atom stereocenters. The minimum absolute atomic E-state index is 0.0587. The molecule has 0 bridgehead atoms. The Bertz CT molecular complexity index is 1100. The summed E-state index contributed by atoms with van der Waals surface area (Å²) >= 11 is 0. The van der Waals surface area contributed by atoms with Crippen LogP contribution >= 0.6 is 0 Å². The molecule has 3 heterocycles. The summed E-state index contributed by atoms with van der Waals surface area (Å²) in [6, 6.07) is 10.2. The van der Waals surface area contributed by atoms with Crippen molar-refractivity contribution in [2.24, 2.45) is 7.05 Å². The molecule has 1 fully saturated rings. The zero-order valence-electron chi connectivity index (χ0n) is 18.8. The van der Waals surface area contributed by atoms with Crippen molar-refractivity contribution in [3.63, 3.8) is 0 Å². The highest BCUT2D eigenvalue weighted by molar-refractivity contribution is 5.96. The number of aromatic nitrogens is 4. The van der Waals surface area contributed by atoms with Crippen LogP contribution in [0.3, 0.4) is 0 Å². The molecular weight excluding hydrogens is 390 g/mol. The lowest BCUT2D eigenvalue weighted by atomic mass is 10.1. The number of piperazine rings is 1. The minimum Gasteiger partial charge on any atom is -0.353 e. The van der Waals surface area contributed by atoms with Crippen molar-refractivity contribution in [2.45, 2.75) is 27.7 Å². The van der Waals surface area contributed by atoms with Crippen LogP contribution in [0, 0.1) is 27.7 Å². The van der Waals surface area contributed by atoms with Gasteiger partial charge in [0.1, 0.15) is 17.5 Å². The van der Waals surface area contributed by atoms with Crippen LogP contribution < -0.4 is 10.2 Å². The number of amides is 1. The fourth-order valence-corrected chi connectivity index (χ4v) is 3.94. The second-order valence-electron chi connectivity index (χ2n) is 8.10. The molecule has 8 nitrogen and oxygen atoms in total. The number of nitrogens with one attached hydrogen (secondary N) is 1. The topological polar surface area (TPSA) is 79.2 Å². The van der Waals surface area contributed by atoms with Crippen LogP contribution in [0.25, 0.3) is 0 Å². The normalized spacial score (nSPS) is 14.1. The van der Waals surface area contributed by atoms with Gasteiger partial charge in [0.2, 0.25) is 0 Å². The first kappa shape index (κ1) is 20.8. The van der Waals surface area contributed by atoms with E-state index in [-0.39, 0.29) is 5.91 Å². The molecule has 4 rings (SSSR count). The lowest BCUT2D eigenvalue weighted by Crippen LogP contribution is -2.49. The molecular formula is C23H29N7O. The molecule has 31 heavy (non-hydrogen) atoms. The highest BCUT2D eigenvalue weighted by Crippen LogP contribution is 2.22. The molecule has 1 aliphatic heterocycles. The predicted octanol–water partition coefficient (Wildman–Crippen LogP) is 3.15. The summed E-state index contributed by atoms with van der Waals surface area (Å²) in [6.07, 6.45) is 0. The molecule has 1 aliphatic rings. The van der Waals surface area contributed by atoms with Crippen LogP contribution in [-0.4, -0.2) is 56.7 Å². The summed E-state index contributed by atoms with van der Waals surface area (Å²) in [5.41, 5.74) is 4.62. The Kier molecular flexibility index (Phi) is 5.63. The molecule has 1 saturated heterocycles. The summed E-state index contributed by atoms with van der Waals surface area (Å²) in [5, 5.41) is 7.75. The standard InChI is InChI=1S/C23H29N7O/c1-15-6-8-19(9-7-15)26-20-14-21(25-18(4)24-20)29-10-12-30(13-11-29)23(31)22-16(2)27-28(5)17(22)3/h6-9,14H,10-13H2,1-5H3,(H,24,25,26). The first-order valence-corrected chi connectivity index (χ1v) is 10.6. The van der Waals surface area contributed by atoms with Gasteiger partial charge in [-0.1, -0.05) is 17.7 Å². The van der Waals surface area contributed by atoms with E-state index < -0.39 is 0 Å². The minimum atomic E-state index is 0.0587. The van der Waals surface area contributed by atoms with Crippen LogP contribution in [0.2, 0.25) is 0 Å². The maximum atomic E-state index is 13.1. The van der Waals surface area contributed by atoms with E-state index >= 15 is 0 Å². The van der Waals surface area contributed by atoms with Gasteiger partial charge in [0, 0.05) is 50.7 Å². The van der Waals surface area contributed by atoms with E-state index in [2.05, 4.69) is 44.3 Å². The average Bonchev–Trinajstić information content (AvgIpc) is 3.00. The Labute approximate surface area is 182 Å². The number of carbonyl (C=O) groups excluding carboxylic acids is 1. The van der Waals surface area contributed by atoms with Gasteiger partial charge in [-0.25, -0.2) is 9.97 Å². The number of hydrogen-bond donors (Lipinski definition) is 1. The number of aryl methyl sites for hydroxylation is 4. The number of rotatable bonds is 4. The van der Waals surface area contributed by atoms with E-state index in [1.807, 2.05) is 50.9 Å². The first-order valence-electron chi connectivity index (χ1n) is 10.6. The largest absolute Gasteiger partial charge is 0.353 e. The van der Waals surface area contributed by atoms with Gasteiger partial charge in [-0.3, -0.25) is 9.48 Å². The quantitative estimate of drug-likeness (QED) is 0.700. The lowest BCUT2D eigenvalue weighted by molar-refractivity contribution is 0.0745. The Morgan fingerprint density at radius 2 is 1.65 bits per heavy atom. The Morgan fingerprint density at radius 1 is 0.968 bits per heavy atom. The molecule has 162 valence electrons. The maximum absolute atomic E-state index is 13.1. The summed E-state index contributed by atoms with van der Waals surface area (Å²) in [5.74, 6) is 2.42. The van der Waals surface area contributed by atoms with Crippen molar-refractivity contribution >= 4 is 23.2 Å². The van der Waals surface area contributed by atoms with Crippen molar-refractivity contribution in [1.29, 1.82) is 0 Å². The second-order valence-corrected chi connectivity index (χ2v) is 8.10. The first-order chi connectivity index (χ1) is 14.8. The maximum Gasteiger partial charge on any atom is 0.257 e. The molecule has 0 aliphatic carbocycles. The lowest BCUT2D eigenvalue weighted by Gasteiger charge is -2.35. The van der Waals surface area contributed by atoms with E-state index in [0.717, 1.165) is 47.4 Å². The van der Waals surface area contributed by atoms with Crippen LogP contribution in [0.4, 0.5) is 17.3 Å². The Morgan fingerprint density at radius 3 is 2.26 bits per heavy atom. The van der Waals surface area contributed by atoms with Gasteiger partial charge in [-0.2, -0.15) is 5.10 Å². The molecule has 8 heteroatoms. The van der Waals surface area contributed by atoms with Gasteiger partial charge in [0.15, 0.2) is 0 Å². The molecule has 2 aromatic heterocycles. The SMILES string of the molecule is Cc1ccc(Nc2cc(N3CCN(C(=O)c4c(C)nn(C)c4C)CC3)nc(C)n2)cc1. The van der Waals surface area contributed by atoms with E-state index in [1.54, 1.807) is 4.68 Å². The zero-order valence-corrected chi connectivity index (χ0v) is 18.8. The third kappa shape index (κ3) is 4.38. The van der Waals surface area contributed by atoms with Crippen LogP contribution in [0.15, 0.2) is 30.3 Å². The van der Waals surface area contributed by atoms with Crippen molar-refractivity contribution in [2.75, 3.05) is 36.4 Å². The summed E-state index contributed by atoms with van der Waals surface area (Å²) in [4.78, 5) is 26.3. The van der Waals surface area contributed by atoms with E-state index in [4.69, 9.17) is 0 Å². The molecule has 1 amide bonds. The van der Waals surface area contributed by atoms with Gasteiger partial charge in [0.05, 0.1) is 11.3 Å². The summed E-state index contributed by atoms with van der Waals surface area (Å²) < 4.78 is 1.77. The third-order valence-corrected chi connectivity index (χ3v) is 5.76. The molecule has 1 N–H and O–H groups in total. The number of anilines is 3. The van der Waals surface area contributed by atoms with Crippen LogP contribution in [0.1, 0.15) is 33.1 Å². The Balaban J connectivity index is 1.45. The number of carbonyl (C=O) groups is 1. The molecule has 1 aromatic carbocycles. The highest BCUT2D eigenvalue weighted by atomic mass is 16.2. The predicted molar refractivity (Wildman–Crippen MR) is 122 cm³/mol. The molecule has 0 atom stereocenters. The Hall–Kier alpha value is -3.42. The van der Waals surface area contributed by atoms with Crippen LogP contribution in [0.5, 0.6) is 0 Å². The van der Waals surface area contributed by atoms with E-state index in [1.165, 1.54) is 5.56 Å². The molecule has 3 aromatic rings. The third-order valence-electron chi connectivity index (χ3n) is 5.76. The van der Waals surface area contributed by atoms with Gasteiger partial charge in [-0.15, -0.1) is 0 Å². The molecule has 0 saturated carbocycles. The zero-order chi connectivity index (χ0) is 22.1. The monoisotopic (exact) mass is 419 g/mol. The number of benzene rings is 1. The van der Waals surface area contributed by atoms with Crippen molar-refractivity contribution in [3.05, 3.63) is 58.7 Å². The molecule has 0 radical (unpaired) electrons. The van der Waals surface area contributed by atoms with Crippen molar-refractivity contribution < 1.29 is 4.79 Å². The summed E-state index contributed by atoms with van der Waals surface area (Å²) in [7, 11) is 1.87. The van der Waals surface area contributed by atoms with Crippen LogP contribution in [-0.2, 0) is 7.05 Å². The van der Waals surface area contributed by atoms with E-state index in [0.29, 0.717) is 18.9 Å². The van der Waals surface area contributed by atoms with Gasteiger partial charge >= 0.3 is 0 Å². The van der Waals surface area contributed by atoms with Gasteiger partial charge in [0.25, 0.3) is 5.91 Å². The van der Waals surface area contributed by atoms with Crippen molar-refractivity contribution in [1.82, 2.24) is 24.6 Å². The van der Waals surface area contributed by atoms with Gasteiger partial charge < -0.3 is 15.1 Å². The smallest absolute Gasteiger partial charge is 0.257 e.